The van der Waals surface area contributed by atoms with E-state index in [1.54, 1.807) is 0 Å². The second-order valence-corrected chi connectivity index (χ2v) is 4.16. The van der Waals surface area contributed by atoms with Crippen molar-refractivity contribution >= 4 is 5.84 Å². The molecule has 0 fully saturated rings. The molecule has 1 aromatic carbocycles. The summed E-state index contributed by atoms with van der Waals surface area (Å²) in [5.74, 6) is 0.159. The summed E-state index contributed by atoms with van der Waals surface area (Å²) in [4.78, 5) is 0. The zero-order chi connectivity index (χ0) is 12.1. The highest BCUT2D eigenvalue weighted by atomic mass is 16.4. The molecule has 0 unspecified atom stereocenters. The Kier molecular flexibility index (Phi) is 3.77. The molecular weight excluding hydrogens is 214 g/mol. The van der Waals surface area contributed by atoms with E-state index in [9.17, 15) is 0 Å². The van der Waals surface area contributed by atoms with Crippen LogP contribution in [0.3, 0.4) is 0 Å². The highest BCUT2D eigenvalue weighted by molar-refractivity contribution is 5.98. The summed E-state index contributed by atoms with van der Waals surface area (Å²) >= 11 is 0. The Hall–Kier alpha value is -1.81. The molecule has 0 aliphatic heterocycles. The van der Waals surface area contributed by atoms with Crippen LogP contribution in [0, 0.1) is 0 Å². The number of amidine groups is 1. The molecule has 0 heterocycles. The molecule has 2 rings (SSSR count). The largest absolute Gasteiger partial charge is 0.409 e. The number of nitrogens with zero attached hydrogens (tertiary/aromatic N) is 1. The van der Waals surface area contributed by atoms with Crippen LogP contribution in [0.1, 0.15) is 24.0 Å². The van der Waals surface area contributed by atoms with Crippen molar-refractivity contribution in [1.29, 1.82) is 0 Å². The monoisotopic (exact) mass is 231 g/mol. The average Bonchev–Trinajstić information content (AvgIpc) is 2.89. The maximum atomic E-state index is 8.72. The lowest BCUT2D eigenvalue weighted by Crippen LogP contribution is -2.27. The van der Waals surface area contributed by atoms with E-state index in [1.807, 2.05) is 24.3 Å². The molecule has 4 heteroatoms. The van der Waals surface area contributed by atoms with E-state index in [2.05, 4.69) is 22.6 Å². The molecule has 1 aliphatic rings. The van der Waals surface area contributed by atoms with Crippen LogP contribution in [0.4, 0.5) is 0 Å². The number of rotatable bonds is 4. The minimum Gasteiger partial charge on any atom is -0.409 e. The zero-order valence-corrected chi connectivity index (χ0v) is 9.63. The van der Waals surface area contributed by atoms with Gasteiger partial charge >= 0.3 is 0 Å². The van der Waals surface area contributed by atoms with Crippen molar-refractivity contribution in [3.63, 3.8) is 0 Å². The zero-order valence-electron chi connectivity index (χ0n) is 9.63. The fourth-order valence-corrected chi connectivity index (χ4v) is 2.02. The second kappa shape index (κ2) is 5.50. The van der Waals surface area contributed by atoms with Crippen molar-refractivity contribution < 1.29 is 5.21 Å². The predicted molar refractivity (Wildman–Crippen MR) is 68.0 cm³/mol. The topological polar surface area (TPSA) is 70.6 Å². The molecule has 0 spiro atoms. The number of benzene rings is 1. The Morgan fingerprint density at radius 1 is 1.35 bits per heavy atom. The summed E-state index contributed by atoms with van der Waals surface area (Å²) in [6, 6.07) is 8.20. The fraction of sp³-hybridized carbons (Fsp3) is 0.308. The van der Waals surface area contributed by atoms with Gasteiger partial charge in [-0.25, -0.2) is 0 Å². The summed E-state index contributed by atoms with van der Waals surface area (Å²) < 4.78 is 0. The first kappa shape index (κ1) is 11.7. The third kappa shape index (κ3) is 2.85. The molecule has 0 saturated heterocycles. The van der Waals surface area contributed by atoms with Crippen molar-refractivity contribution in [3.8, 4) is 0 Å². The van der Waals surface area contributed by atoms with E-state index in [-0.39, 0.29) is 5.84 Å². The van der Waals surface area contributed by atoms with Gasteiger partial charge in [0.05, 0.1) is 0 Å². The van der Waals surface area contributed by atoms with Crippen LogP contribution in [-0.4, -0.2) is 17.1 Å². The SMILES string of the molecule is N/C(=N/O)c1ccccc1CNC1CC=CC1. The number of nitrogens with one attached hydrogen (secondary N) is 1. The summed E-state index contributed by atoms with van der Waals surface area (Å²) in [7, 11) is 0. The predicted octanol–water partition coefficient (Wildman–Crippen LogP) is 1.59. The standard InChI is InChI=1S/C13H17N3O/c14-13(16-17)12-8-4-1-5-10(12)9-15-11-6-2-3-7-11/h1-5,8,11,15,17H,6-7,9H2,(H2,14,16). The third-order valence-corrected chi connectivity index (χ3v) is 2.99. The smallest absolute Gasteiger partial charge is 0.170 e. The van der Waals surface area contributed by atoms with Gasteiger partial charge in [0.25, 0.3) is 0 Å². The van der Waals surface area contributed by atoms with Crippen molar-refractivity contribution in [3.05, 3.63) is 47.5 Å². The van der Waals surface area contributed by atoms with Gasteiger partial charge < -0.3 is 16.3 Å². The molecule has 0 saturated carbocycles. The molecule has 17 heavy (non-hydrogen) atoms. The van der Waals surface area contributed by atoms with Crippen LogP contribution in [0.5, 0.6) is 0 Å². The second-order valence-electron chi connectivity index (χ2n) is 4.16. The summed E-state index contributed by atoms with van der Waals surface area (Å²) in [5.41, 5.74) is 7.47. The Labute approximate surface area is 101 Å². The molecule has 0 radical (unpaired) electrons. The van der Waals surface area contributed by atoms with Crippen LogP contribution < -0.4 is 11.1 Å². The van der Waals surface area contributed by atoms with Crippen LogP contribution in [0.25, 0.3) is 0 Å². The van der Waals surface area contributed by atoms with Gasteiger partial charge in [-0.3, -0.25) is 0 Å². The first-order valence-corrected chi connectivity index (χ1v) is 5.75. The molecule has 90 valence electrons. The third-order valence-electron chi connectivity index (χ3n) is 2.99. The normalized spacial score (nSPS) is 16.6. The van der Waals surface area contributed by atoms with Crippen LogP contribution in [0.15, 0.2) is 41.6 Å². The van der Waals surface area contributed by atoms with E-state index in [0.29, 0.717) is 6.04 Å². The van der Waals surface area contributed by atoms with Gasteiger partial charge in [0.1, 0.15) is 0 Å². The molecule has 0 atom stereocenters. The molecular formula is C13H17N3O. The van der Waals surface area contributed by atoms with Gasteiger partial charge in [0, 0.05) is 18.2 Å². The van der Waals surface area contributed by atoms with Crippen molar-refractivity contribution in [1.82, 2.24) is 5.32 Å². The molecule has 0 bridgehead atoms. The number of hydrogen-bond donors (Lipinski definition) is 3. The molecule has 1 aliphatic carbocycles. The number of nitrogens with two attached hydrogens (primary N) is 1. The van der Waals surface area contributed by atoms with Gasteiger partial charge in [-0.15, -0.1) is 0 Å². The van der Waals surface area contributed by atoms with Crippen LogP contribution in [-0.2, 0) is 6.54 Å². The minimum atomic E-state index is 0.159. The van der Waals surface area contributed by atoms with Crippen LogP contribution in [0.2, 0.25) is 0 Å². The lowest BCUT2D eigenvalue weighted by atomic mass is 10.1. The van der Waals surface area contributed by atoms with E-state index < -0.39 is 0 Å². The van der Waals surface area contributed by atoms with E-state index in [0.717, 1.165) is 30.5 Å². The minimum absolute atomic E-state index is 0.159. The molecule has 4 N–H and O–H groups in total. The first-order chi connectivity index (χ1) is 8.31. The van der Waals surface area contributed by atoms with Gasteiger partial charge in [-0.2, -0.15) is 0 Å². The van der Waals surface area contributed by atoms with Gasteiger partial charge in [0.2, 0.25) is 0 Å². The highest BCUT2D eigenvalue weighted by Crippen LogP contribution is 2.12. The van der Waals surface area contributed by atoms with Gasteiger partial charge in [-0.1, -0.05) is 41.6 Å². The fourth-order valence-electron chi connectivity index (χ4n) is 2.02. The first-order valence-electron chi connectivity index (χ1n) is 5.75. The Morgan fingerprint density at radius 3 is 2.76 bits per heavy atom. The van der Waals surface area contributed by atoms with Gasteiger partial charge in [-0.05, 0) is 18.4 Å². The Balaban J connectivity index is 2.04. The quantitative estimate of drug-likeness (QED) is 0.242. The van der Waals surface area contributed by atoms with E-state index >= 15 is 0 Å². The molecule has 0 amide bonds. The summed E-state index contributed by atoms with van der Waals surface area (Å²) in [6.07, 6.45) is 6.53. The van der Waals surface area contributed by atoms with Crippen LogP contribution >= 0.6 is 0 Å². The highest BCUT2D eigenvalue weighted by Gasteiger charge is 2.11. The summed E-state index contributed by atoms with van der Waals surface area (Å²) in [6.45, 7) is 0.735. The lowest BCUT2D eigenvalue weighted by Gasteiger charge is -2.14. The van der Waals surface area contributed by atoms with E-state index in [1.165, 1.54) is 0 Å². The Bertz CT molecular complexity index is 432. The average molecular weight is 231 g/mol. The Morgan fingerprint density at radius 2 is 2.06 bits per heavy atom. The maximum absolute atomic E-state index is 8.72. The van der Waals surface area contributed by atoms with Crippen molar-refractivity contribution in [2.24, 2.45) is 10.9 Å². The van der Waals surface area contributed by atoms with E-state index in [4.69, 9.17) is 10.9 Å². The van der Waals surface area contributed by atoms with Gasteiger partial charge in [0.15, 0.2) is 5.84 Å². The molecule has 0 aromatic heterocycles. The van der Waals surface area contributed by atoms with Crippen molar-refractivity contribution in [2.45, 2.75) is 25.4 Å². The molecule has 4 nitrogen and oxygen atoms in total. The number of hydrogen-bond acceptors (Lipinski definition) is 3. The van der Waals surface area contributed by atoms with Crippen molar-refractivity contribution in [2.75, 3.05) is 0 Å². The lowest BCUT2D eigenvalue weighted by molar-refractivity contribution is 0.318. The maximum Gasteiger partial charge on any atom is 0.170 e. The summed E-state index contributed by atoms with van der Waals surface area (Å²) in [5, 5.41) is 15.2. The number of oxime groups is 1. The molecule has 1 aromatic rings.